The van der Waals surface area contributed by atoms with E-state index in [2.05, 4.69) is 5.32 Å². The van der Waals surface area contributed by atoms with Crippen molar-refractivity contribution in [3.63, 3.8) is 0 Å². The van der Waals surface area contributed by atoms with Gasteiger partial charge < -0.3 is 19.9 Å². The van der Waals surface area contributed by atoms with Crippen molar-refractivity contribution in [2.45, 2.75) is 26.4 Å². The van der Waals surface area contributed by atoms with E-state index in [1.54, 1.807) is 0 Å². The first-order chi connectivity index (χ1) is 10.1. The molecule has 1 amide bonds. The first-order valence-corrected chi connectivity index (χ1v) is 7.30. The SMILES string of the molecule is Cc1cccc(C)c1OCC(O)CNC(=O)C1CCOC1. The number of carbonyl (C=O) groups is 1. The number of rotatable bonds is 6. The molecule has 1 saturated heterocycles. The molecule has 5 heteroatoms. The molecular formula is C16H23NO4. The maximum atomic E-state index is 11.8. The van der Waals surface area contributed by atoms with Crippen molar-refractivity contribution in [1.82, 2.24) is 5.32 Å². The normalized spacial score (nSPS) is 19.3. The summed E-state index contributed by atoms with van der Waals surface area (Å²) in [7, 11) is 0. The van der Waals surface area contributed by atoms with E-state index in [-0.39, 0.29) is 25.0 Å². The molecule has 2 unspecified atom stereocenters. The summed E-state index contributed by atoms with van der Waals surface area (Å²) in [5.41, 5.74) is 2.07. The van der Waals surface area contributed by atoms with Crippen molar-refractivity contribution in [3.05, 3.63) is 29.3 Å². The van der Waals surface area contributed by atoms with Crippen LogP contribution in [0.3, 0.4) is 0 Å². The number of para-hydroxylation sites is 1. The molecule has 1 heterocycles. The highest BCUT2D eigenvalue weighted by Crippen LogP contribution is 2.22. The van der Waals surface area contributed by atoms with E-state index in [0.29, 0.717) is 13.2 Å². The summed E-state index contributed by atoms with van der Waals surface area (Å²) >= 11 is 0. The quantitative estimate of drug-likeness (QED) is 0.827. The molecule has 0 aliphatic carbocycles. The van der Waals surface area contributed by atoms with Gasteiger partial charge in [-0.15, -0.1) is 0 Å². The smallest absolute Gasteiger partial charge is 0.225 e. The molecule has 21 heavy (non-hydrogen) atoms. The molecule has 2 atom stereocenters. The third-order valence-electron chi connectivity index (χ3n) is 3.64. The minimum atomic E-state index is -0.727. The number of nitrogens with one attached hydrogen (secondary N) is 1. The lowest BCUT2D eigenvalue weighted by Crippen LogP contribution is -2.38. The number of hydrogen-bond donors (Lipinski definition) is 2. The summed E-state index contributed by atoms with van der Waals surface area (Å²) in [4.78, 5) is 11.8. The van der Waals surface area contributed by atoms with Gasteiger partial charge in [0.15, 0.2) is 0 Å². The Kier molecular flexibility index (Phi) is 5.59. The Morgan fingerprint density at radius 2 is 2.19 bits per heavy atom. The van der Waals surface area contributed by atoms with Crippen molar-refractivity contribution in [2.24, 2.45) is 5.92 Å². The number of ether oxygens (including phenoxy) is 2. The van der Waals surface area contributed by atoms with Crippen LogP contribution >= 0.6 is 0 Å². The molecule has 1 aliphatic heterocycles. The molecule has 1 aromatic carbocycles. The van der Waals surface area contributed by atoms with Crippen molar-refractivity contribution >= 4 is 5.91 Å². The lowest BCUT2D eigenvalue weighted by molar-refractivity contribution is -0.125. The first kappa shape index (κ1) is 15.8. The molecule has 2 N–H and O–H groups in total. The first-order valence-electron chi connectivity index (χ1n) is 7.30. The van der Waals surface area contributed by atoms with E-state index in [1.807, 2.05) is 32.0 Å². The van der Waals surface area contributed by atoms with Crippen molar-refractivity contribution in [3.8, 4) is 5.75 Å². The number of aliphatic hydroxyl groups is 1. The Labute approximate surface area is 125 Å². The molecular weight excluding hydrogens is 270 g/mol. The molecule has 1 aromatic rings. The second kappa shape index (κ2) is 7.43. The highest BCUT2D eigenvalue weighted by atomic mass is 16.5. The van der Waals surface area contributed by atoms with E-state index in [9.17, 15) is 9.90 Å². The fraction of sp³-hybridized carbons (Fsp3) is 0.562. The second-order valence-corrected chi connectivity index (χ2v) is 5.49. The van der Waals surface area contributed by atoms with Crippen LogP contribution in [-0.4, -0.2) is 43.5 Å². The van der Waals surface area contributed by atoms with Crippen LogP contribution in [0.4, 0.5) is 0 Å². The van der Waals surface area contributed by atoms with Crippen LogP contribution in [0.1, 0.15) is 17.5 Å². The average molecular weight is 293 g/mol. The number of carbonyl (C=O) groups excluding carboxylic acids is 1. The number of benzene rings is 1. The number of aryl methyl sites for hydroxylation is 2. The number of hydrogen-bond acceptors (Lipinski definition) is 4. The fourth-order valence-corrected chi connectivity index (χ4v) is 2.37. The summed E-state index contributed by atoms with van der Waals surface area (Å²) in [6.07, 6.45) is 0.0242. The van der Waals surface area contributed by atoms with E-state index in [4.69, 9.17) is 9.47 Å². The zero-order chi connectivity index (χ0) is 15.2. The summed E-state index contributed by atoms with van der Waals surface area (Å²) in [6.45, 7) is 5.40. The standard InChI is InChI=1S/C16H23NO4/c1-11-4-3-5-12(2)15(11)21-10-14(18)8-17-16(19)13-6-7-20-9-13/h3-5,13-14,18H,6-10H2,1-2H3,(H,17,19). The van der Waals surface area contributed by atoms with Crippen LogP contribution in [-0.2, 0) is 9.53 Å². The van der Waals surface area contributed by atoms with Crippen molar-refractivity contribution in [1.29, 1.82) is 0 Å². The minimum absolute atomic E-state index is 0.0568. The zero-order valence-electron chi connectivity index (χ0n) is 12.6. The van der Waals surface area contributed by atoms with E-state index >= 15 is 0 Å². The van der Waals surface area contributed by atoms with Crippen molar-refractivity contribution in [2.75, 3.05) is 26.4 Å². The predicted octanol–water partition coefficient (Wildman–Crippen LogP) is 1.20. The van der Waals surface area contributed by atoms with E-state index < -0.39 is 6.10 Å². The van der Waals surface area contributed by atoms with Gasteiger partial charge in [-0.2, -0.15) is 0 Å². The van der Waals surface area contributed by atoms with Gasteiger partial charge in [0, 0.05) is 13.2 Å². The summed E-state index contributed by atoms with van der Waals surface area (Å²) < 4.78 is 10.8. The largest absolute Gasteiger partial charge is 0.490 e. The molecule has 2 rings (SSSR count). The number of aliphatic hydroxyl groups excluding tert-OH is 1. The van der Waals surface area contributed by atoms with Gasteiger partial charge in [0.1, 0.15) is 18.5 Å². The summed E-state index contributed by atoms with van der Waals surface area (Å²) in [5, 5.41) is 12.7. The highest BCUT2D eigenvalue weighted by Gasteiger charge is 2.23. The Morgan fingerprint density at radius 3 is 2.81 bits per heavy atom. The van der Waals surface area contributed by atoms with Crippen LogP contribution in [0.15, 0.2) is 18.2 Å². The molecule has 0 aromatic heterocycles. The van der Waals surface area contributed by atoms with Crippen LogP contribution in [0.5, 0.6) is 5.75 Å². The lowest BCUT2D eigenvalue weighted by Gasteiger charge is -2.17. The van der Waals surface area contributed by atoms with Gasteiger partial charge in [-0.05, 0) is 31.4 Å². The molecule has 0 saturated carbocycles. The fourth-order valence-electron chi connectivity index (χ4n) is 2.37. The Morgan fingerprint density at radius 1 is 1.48 bits per heavy atom. The topological polar surface area (TPSA) is 67.8 Å². The van der Waals surface area contributed by atoms with E-state index in [0.717, 1.165) is 23.3 Å². The average Bonchev–Trinajstić information content (AvgIpc) is 2.98. The van der Waals surface area contributed by atoms with E-state index in [1.165, 1.54) is 0 Å². The maximum Gasteiger partial charge on any atom is 0.225 e. The van der Waals surface area contributed by atoms with Crippen LogP contribution in [0.2, 0.25) is 0 Å². The van der Waals surface area contributed by atoms with Crippen LogP contribution in [0.25, 0.3) is 0 Å². The summed E-state index contributed by atoms with van der Waals surface area (Å²) in [5.74, 6) is 0.655. The second-order valence-electron chi connectivity index (χ2n) is 5.49. The van der Waals surface area contributed by atoms with Gasteiger partial charge in [-0.3, -0.25) is 4.79 Å². The van der Waals surface area contributed by atoms with Gasteiger partial charge in [-0.25, -0.2) is 0 Å². The molecule has 1 fully saturated rings. The molecule has 0 bridgehead atoms. The Bertz CT molecular complexity index is 463. The molecule has 5 nitrogen and oxygen atoms in total. The highest BCUT2D eigenvalue weighted by molar-refractivity contribution is 5.78. The molecule has 1 aliphatic rings. The van der Waals surface area contributed by atoms with Crippen molar-refractivity contribution < 1.29 is 19.4 Å². The van der Waals surface area contributed by atoms with Gasteiger partial charge in [0.05, 0.1) is 12.5 Å². The Hall–Kier alpha value is -1.59. The third-order valence-corrected chi connectivity index (χ3v) is 3.64. The molecule has 0 radical (unpaired) electrons. The molecule has 0 spiro atoms. The lowest BCUT2D eigenvalue weighted by atomic mass is 10.1. The summed E-state index contributed by atoms with van der Waals surface area (Å²) in [6, 6.07) is 5.91. The van der Waals surface area contributed by atoms with Gasteiger partial charge in [0.25, 0.3) is 0 Å². The van der Waals surface area contributed by atoms with Crippen LogP contribution in [0, 0.1) is 19.8 Å². The minimum Gasteiger partial charge on any atom is -0.490 e. The molecule has 116 valence electrons. The maximum absolute atomic E-state index is 11.8. The van der Waals surface area contributed by atoms with Gasteiger partial charge in [-0.1, -0.05) is 18.2 Å². The van der Waals surface area contributed by atoms with Crippen LogP contribution < -0.4 is 10.1 Å². The third kappa shape index (κ3) is 4.44. The monoisotopic (exact) mass is 293 g/mol. The Balaban J connectivity index is 1.74. The predicted molar refractivity (Wildman–Crippen MR) is 79.4 cm³/mol. The number of amides is 1. The van der Waals surface area contributed by atoms with Gasteiger partial charge >= 0.3 is 0 Å². The zero-order valence-corrected chi connectivity index (χ0v) is 12.6. The van der Waals surface area contributed by atoms with Gasteiger partial charge in [0.2, 0.25) is 5.91 Å².